The average Bonchev–Trinajstić information content (AvgIpc) is 2.47. The van der Waals surface area contributed by atoms with E-state index in [1.807, 2.05) is 0 Å². The van der Waals surface area contributed by atoms with Crippen LogP contribution in [0, 0.1) is 0 Å². The van der Waals surface area contributed by atoms with Crippen molar-refractivity contribution in [3.8, 4) is 0 Å². The third-order valence-corrected chi connectivity index (χ3v) is 3.33. The molecule has 0 fully saturated rings. The lowest BCUT2D eigenvalue weighted by Crippen LogP contribution is -2.24. The highest BCUT2D eigenvalue weighted by molar-refractivity contribution is 5.68. The van der Waals surface area contributed by atoms with E-state index in [9.17, 15) is 9.59 Å². The van der Waals surface area contributed by atoms with Gasteiger partial charge in [-0.3, -0.25) is 0 Å². The van der Waals surface area contributed by atoms with Crippen LogP contribution in [0.25, 0.3) is 0 Å². The van der Waals surface area contributed by atoms with Crippen LogP contribution in [0.4, 0.5) is 0 Å². The van der Waals surface area contributed by atoms with Crippen molar-refractivity contribution in [1.29, 1.82) is 0 Å². The number of aliphatic carboxylic acids is 2. The zero-order valence-corrected chi connectivity index (χ0v) is 13.6. The molecular weight excluding hydrogens is 288 g/mol. The summed E-state index contributed by atoms with van der Waals surface area (Å²) in [6, 6.07) is 0. The summed E-state index contributed by atoms with van der Waals surface area (Å²) in [5.74, 6) is -2.17. The Balaban J connectivity index is 3.64. The molecule has 0 unspecified atom stereocenters. The van der Waals surface area contributed by atoms with Gasteiger partial charge in [-0.15, -0.1) is 0 Å². The van der Waals surface area contributed by atoms with Gasteiger partial charge >= 0.3 is 11.9 Å². The summed E-state index contributed by atoms with van der Waals surface area (Å²) in [5.41, 5.74) is 0. The Morgan fingerprint density at radius 1 is 0.773 bits per heavy atom. The lowest BCUT2D eigenvalue weighted by molar-refractivity contribution is -0.178. The van der Waals surface area contributed by atoms with Crippen molar-refractivity contribution < 1.29 is 29.3 Å². The van der Waals surface area contributed by atoms with Gasteiger partial charge < -0.3 is 19.7 Å². The second kappa shape index (κ2) is 14.8. The predicted octanol–water partition coefficient (Wildman–Crippen LogP) is 3.44. The van der Waals surface area contributed by atoms with Crippen LogP contribution in [0.1, 0.15) is 71.1 Å². The number of hydrogen-bond acceptors (Lipinski definition) is 4. The number of carboxylic acid groups (broad SMARTS) is 2. The summed E-state index contributed by atoms with van der Waals surface area (Å²) in [7, 11) is 0. The first kappa shape index (κ1) is 20.9. The van der Waals surface area contributed by atoms with E-state index in [0.29, 0.717) is 6.42 Å². The van der Waals surface area contributed by atoms with Gasteiger partial charge in [0.2, 0.25) is 0 Å². The molecule has 0 saturated heterocycles. The molecule has 0 aromatic heterocycles. The highest BCUT2D eigenvalue weighted by Gasteiger charge is 2.13. The molecule has 130 valence electrons. The number of rotatable bonds is 16. The van der Waals surface area contributed by atoms with E-state index < -0.39 is 31.4 Å². The maximum absolute atomic E-state index is 10.5. The first-order valence-corrected chi connectivity index (χ1v) is 8.23. The minimum atomic E-state index is -1.09. The summed E-state index contributed by atoms with van der Waals surface area (Å²) >= 11 is 0. The normalized spacial score (nSPS) is 11.0. The van der Waals surface area contributed by atoms with Crippen molar-refractivity contribution in [3.05, 3.63) is 0 Å². The lowest BCUT2D eigenvalue weighted by Gasteiger charge is -2.16. The van der Waals surface area contributed by atoms with E-state index in [1.54, 1.807) is 0 Å². The van der Waals surface area contributed by atoms with Crippen LogP contribution in [0.15, 0.2) is 0 Å². The third kappa shape index (κ3) is 15.3. The van der Waals surface area contributed by atoms with Gasteiger partial charge in [0.25, 0.3) is 0 Å². The zero-order valence-electron chi connectivity index (χ0n) is 13.6. The maximum atomic E-state index is 10.5. The Hall–Kier alpha value is -1.14. The molecule has 0 bridgehead atoms. The monoisotopic (exact) mass is 318 g/mol. The zero-order chi connectivity index (χ0) is 16.6. The average molecular weight is 318 g/mol. The molecule has 22 heavy (non-hydrogen) atoms. The van der Waals surface area contributed by atoms with Crippen molar-refractivity contribution in [1.82, 2.24) is 0 Å². The van der Waals surface area contributed by atoms with Crippen LogP contribution < -0.4 is 0 Å². The van der Waals surface area contributed by atoms with Crippen molar-refractivity contribution >= 4 is 11.9 Å². The summed E-state index contributed by atoms with van der Waals surface area (Å²) in [5, 5.41) is 17.1. The number of unbranched alkanes of at least 4 members (excludes halogenated alkanes) is 8. The Kier molecular flexibility index (Phi) is 14.0. The van der Waals surface area contributed by atoms with Gasteiger partial charge in [0, 0.05) is 0 Å². The molecular formula is C16H30O6. The fraction of sp³-hybridized carbons (Fsp3) is 0.875. The smallest absolute Gasteiger partial charge is 0.329 e. The van der Waals surface area contributed by atoms with E-state index in [-0.39, 0.29) is 0 Å². The Labute approximate surface area is 132 Å². The molecule has 0 aliphatic carbocycles. The topological polar surface area (TPSA) is 93.1 Å². The molecule has 0 aliphatic rings. The first-order chi connectivity index (χ1) is 10.6. The second-order valence-corrected chi connectivity index (χ2v) is 5.46. The summed E-state index contributed by atoms with van der Waals surface area (Å²) in [6.07, 6.45) is 10.4. The van der Waals surface area contributed by atoms with Gasteiger partial charge in [-0.25, -0.2) is 9.59 Å². The van der Waals surface area contributed by atoms with Gasteiger partial charge in [0.05, 0.1) is 0 Å². The van der Waals surface area contributed by atoms with Crippen LogP contribution >= 0.6 is 0 Å². The van der Waals surface area contributed by atoms with E-state index in [0.717, 1.165) is 19.3 Å². The second-order valence-electron chi connectivity index (χ2n) is 5.46. The van der Waals surface area contributed by atoms with E-state index in [4.69, 9.17) is 19.7 Å². The molecule has 0 radical (unpaired) electrons. The SMILES string of the molecule is CCCCCCCCCCCC(OCC(=O)O)OCC(=O)O. The molecule has 0 aliphatic heterocycles. The minimum absolute atomic E-state index is 0.471. The molecule has 0 amide bonds. The van der Waals surface area contributed by atoms with Crippen LogP contribution in [0.3, 0.4) is 0 Å². The van der Waals surface area contributed by atoms with Crippen LogP contribution in [-0.4, -0.2) is 41.7 Å². The van der Waals surface area contributed by atoms with Gasteiger partial charge in [0.1, 0.15) is 13.2 Å². The van der Waals surface area contributed by atoms with Crippen LogP contribution in [-0.2, 0) is 19.1 Å². The summed E-state index contributed by atoms with van der Waals surface area (Å²) in [6.45, 7) is 1.26. The van der Waals surface area contributed by atoms with E-state index in [2.05, 4.69) is 6.92 Å². The molecule has 6 heteroatoms. The molecule has 0 saturated carbocycles. The van der Waals surface area contributed by atoms with Gasteiger partial charge in [-0.05, 0) is 12.8 Å². The predicted molar refractivity (Wildman–Crippen MR) is 82.8 cm³/mol. The first-order valence-electron chi connectivity index (χ1n) is 8.23. The molecule has 0 heterocycles. The van der Waals surface area contributed by atoms with Gasteiger partial charge in [-0.1, -0.05) is 58.3 Å². The van der Waals surface area contributed by atoms with Crippen molar-refractivity contribution in [3.63, 3.8) is 0 Å². The van der Waals surface area contributed by atoms with Gasteiger partial charge in [0.15, 0.2) is 6.29 Å². The number of ether oxygens (including phenoxy) is 2. The molecule has 0 spiro atoms. The highest BCUT2D eigenvalue weighted by Crippen LogP contribution is 2.13. The van der Waals surface area contributed by atoms with Crippen molar-refractivity contribution in [2.75, 3.05) is 13.2 Å². The molecule has 2 N–H and O–H groups in total. The quantitative estimate of drug-likeness (QED) is 0.334. The summed E-state index contributed by atoms with van der Waals surface area (Å²) in [4.78, 5) is 20.9. The molecule has 6 nitrogen and oxygen atoms in total. The Bertz CT molecular complexity index is 274. The number of hydrogen-bond donors (Lipinski definition) is 2. The van der Waals surface area contributed by atoms with E-state index in [1.165, 1.54) is 38.5 Å². The molecule has 0 aromatic carbocycles. The lowest BCUT2D eigenvalue weighted by atomic mass is 10.1. The maximum Gasteiger partial charge on any atom is 0.329 e. The third-order valence-electron chi connectivity index (χ3n) is 3.33. The van der Waals surface area contributed by atoms with Crippen molar-refractivity contribution in [2.45, 2.75) is 77.4 Å². The fourth-order valence-corrected chi connectivity index (χ4v) is 2.16. The highest BCUT2D eigenvalue weighted by atomic mass is 16.7. The standard InChI is InChI=1S/C16H30O6/c1-2-3-4-5-6-7-8-9-10-11-16(21-12-14(17)18)22-13-15(19)20/h16H,2-13H2,1H3,(H,17,18)(H,19,20). The van der Waals surface area contributed by atoms with Gasteiger partial charge in [-0.2, -0.15) is 0 Å². The van der Waals surface area contributed by atoms with Crippen LogP contribution in [0.2, 0.25) is 0 Å². The number of carboxylic acids is 2. The largest absolute Gasteiger partial charge is 0.480 e. The molecule has 0 atom stereocenters. The number of carbonyl (C=O) groups is 2. The fourth-order valence-electron chi connectivity index (χ4n) is 2.16. The molecule has 0 aromatic rings. The summed E-state index contributed by atoms with van der Waals surface area (Å²) < 4.78 is 10.1. The minimum Gasteiger partial charge on any atom is -0.480 e. The van der Waals surface area contributed by atoms with E-state index >= 15 is 0 Å². The van der Waals surface area contributed by atoms with Crippen LogP contribution in [0.5, 0.6) is 0 Å². The Morgan fingerprint density at radius 3 is 1.59 bits per heavy atom. The Morgan fingerprint density at radius 2 is 1.18 bits per heavy atom. The van der Waals surface area contributed by atoms with Crippen molar-refractivity contribution in [2.24, 2.45) is 0 Å². The molecule has 0 rings (SSSR count).